The molecule has 3 rings (SSSR count). The Morgan fingerprint density at radius 1 is 1.16 bits per heavy atom. The molecule has 0 aromatic heterocycles. The van der Waals surface area contributed by atoms with Crippen molar-refractivity contribution in [2.24, 2.45) is 0 Å². The van der Waals surface area contributed by atoms with E-state index in [1.165, 1.54) is 23.9 Å². The zero-order chi connectivity index (χ0) is 18.2. The Morgan fingerprint density at radius 3 is 2.48 bits per heavy atom. The molecule has 2 aromatic rings. The molecule has 1 aliphatic rings. The highest BCUT2D eigenvalue weighted by atomic mass is 32.2. The van der Waals surface area contributed by atoms with Crippen LogP contribution < -0.4 is 10.2 Å². The molecule has 1 atom stereocenters. The summed E-state index contributed by atoms with van der Waals surface area (Å²) in [6, 6.07) is 13.3. The summed E-state index contributed by atoms with van der Waals surface area (Å²) in [5, 5.41) is 2.42. The molecule has 4 nitrogen and oxygen atoms in total. The van der Waals surface area contributed by atoms with Crippen molar-refractivity contribution in [2.75, 3.05) is 10.2 Å². The molecule has 130 valence electrons. The molecule has 0 saturated heterocycles. The second-order valence-corrected chi connectivity index (χ2v) is 7.83. The lowest BCUT2D eigenvalue weighted by atomic mass is 9.96. The van der Waals surface area contributed by atoms with Crippen molar-refractivity contribution in [3.63, 3.8) is 0 Å². The van der Waals surface area contributed by atoms with Crippen LogP contribution in [0.2, 0.25) is 0 Å². The lowest BCUT2D eigenvalue weighted by Crippen LogP contribution is -2.60. The molecule has 0 aliphatic carbocycles. The Morgan fingerprint density at radius 2 is 1.80 bits per heavy atom. The second-order valence-electron chi connectivity index (χ2n) is 6.42. The number of hydrogen-bond acceptors (Lipinski definition) is 3. The number of nitrogens with zero attached hydrogens (tertiary/aromatic N) is 1. The van der Waals surface area contributed by atoms with E-state index in [9.17, 15) is 14.0 Å². The number of thioether (sulfide) groups is 1. The van der Waals surface area contributed by atoms with Gasteiger partial charge in [-0.05, 0) is 57.2 Å². The van der Waals surface area contributed by atoms with Crippen molar-refractivity contribution in [2.45, 2.75) is 36.5 Å². The fourth-order valence-electron chi connectivity index (χ4n) is 2.80. The Kier molecular flexibility index (Phi) is 4.56. The van der Waals surface area contributed by atoms with Crippen LogP contribution in [-0.2, 0) is 9.59 Å². The lowest BCUT2D eigenvalue weighted by Gasteiger charge is -2.43. The highest BCUT2D eigenvalue weighted by Gasteiger charge is 2.44. The van der Waals surface area contributed by atoms with E-state index in [-0.39, 0.29) is 17.6 Å². The quantitative estimate of drug-likeness (QED) is 0.842. The summed E-state index contributed by atoms with van der Waals surface area (Å²) in [5.41, 5.74) is 0.311. The maximum absolute atomic E-state index is 13.1. The number of carbonyl (C=O) groups is 2. The van der Waals surface area contributed by atoms with E-state index in [0.717, 1.165) is 4.90 Å². The molecule has 1 N–H and O–H groups in total. The number of hydrogen-bond donors (Lipinski definition) is 1. The molecule has 0 fully saturated rings. The number of nitrogens with one attached hydrogen (secondary N) is 1. The molecule has 0 bridgehead atoms. The van der Waals surface area contributed by atoms with Crippen LogP contribution in [0.1, 0.15) is 20.8 Å². The average Bonchev–Trinajstić information content (AvgIpc) is 2.57. The Balaban J connectivity index is 1.91. The fraction of sp³-hybridized carbons (Fsp3) is 0.263. The first-order chi connectivity index (χ1) is 11.8. The van der Waals surface area contributed by atoms with Crippen molar-refractivity contribution < 1.29 is 14.0 Å². The zero-order valence-electron chi connectivity index (χ0n) is 14.2. The SMILES string of the molecule is CC(Sc1ccc(F)cc1)C(=O)N1c2ccccc2NC(=O)C1(C)C. The first-order valence-corrected chi connectivity index (χ1v) is 8.85. The van der Waals surface area contributed by atoms with Gasteiger partial charge < -0.3 is 5.32 Å². The van der Waals surface area contributed by atoms with Crippen molar-refractivity contribution in [1.29, 1.82) is 0 Å². The summed E-state index contributed by atoms with van der Waals surface area (Å²) in [6.07, 6.45) is 0. The Bertz CT molecular complexity index is 820. The van der Waals surface area contributed by atoms with Crippen molar-refractivity contribution in [1.82, 2.24) is 0 Å². The molecular weight excluding hydrogens is 339 g/mol. The maximum atomic E-state index is 13.1. The smallest absolute Gasteiger partial charge is 0.250 e. The summed E-state index contributed by atoms with van der Waals surface area (Å²) in [7, 11) is 0. The van der Waals surface area contributed by atoms with Crippen molar-refractivity contribution in [3.05, 3.63) is 54.3 Å². The molecule has 6 heteroatoms. The Hall–Kier alpha value is -2.34. The van der Waals surface area contributed by atoms with E-state index in [1.54, 1.807) is 43.9 Å². The minimum absolute atomic E-state index is 0.165. The minimum atomic E-state index is -0.997. The van der Waals surface area contributed by atoms with Crippen molar-refractivity contribution >= 4 is 35.0 Å². The number of benzene rings is 2. The number of para-hydroxylation sites is 2. The fourth-order valence-corrected chi connectivity index (χ4v) is 3.70. The largest absolute Gasteiger partial charge is 0.322 e. The molecule has 0 radical (unpaired) electrons. The first-order valence-electron chi connectivity index (χ1n) is 7.97. The van der Waals surface area contributed by atoms with E-state index >= 15 is 0 Å². The van der Waals surface area contributed by atoms with Crippen LogP contribution in [0.3, 0.4) is 0 Å². The van der Waals surface area contributed by atoms with Crippen LogP contribution in [-0.4, -0.2) is 22.6 Å². The second kappa shape index (κ2) is 6.52. The van der Waals surface area contributed by atoms with Gasteiger partial charge in [-0.25, -0.2) is 4.39 Å². The van der Waals surface area contributed by atoms with Gasteiger partial charge in [0.05, 0.1) is 16.6 Å². The van der Waals surface area contributed by atoms with Gasteiger partial charge in [0.25, 0.3) is 0 Å². The number of carbonyl (C=O) groups excluding carboxylic acids is 2. The standard InChI is InChI=1S/C19H19FN2O2S/c1-12(25-14-10-8-13(20)9-11-14)17(23)22-16-7-5-4-6-15(16)21-18(24)19(22,2)3/h4-12H,1-3H3,(H,21,24). The summed E-state index contributed by atoms with van der Waals surface area (Å²) < 4.78 is 13.1. The summed E-state index contributed by atoms with van der Waals surface area (Å²) in [6.45, 7) is 5.25. The number of fused-ring (bicyclic) bond motifs is 1. The lowest BCUT2D eigenvalue weighted by molar-refractivity contribution is -0.126. The molecule has 1 heterocycles. The first kappa shape index (κ1) is 17.5. The van der Waals surface area contributed by atoms with Gasteiger partial charge >= 0.3 is 0 Å². The third-order valence-electron chi connectivity index (χ3n) is 4.20. The summed E-state index contributed by atoms with van der Waals surface area (Å²) in [4.78, 5) is 28.0. The molecule has 2 aromatic carbocycles. The molecule has 1 aliphatic heterocycles. The van der Waals surface area contributed by atoms with Gasteiger partial charge in [-0.2, -0.15) is 0 Å². The number of halogens is 1. The predicted molar refractivity (Wildman–Crippen MR) is 98.4 cm³/mol. The molecule has 25 heavy (non-hydrogen) atoms. The number of anilines is 2. The molecule has 2 amide bonds. The Labute approximate surface area is 150 Å². The van der Waals surface area contributed by atoms with Crippen LogP contribution >= 0.6 is 11.8 Å². The molecule has 1 unspecified atom stereocenters. The highest BCUT2D eigenvalue weighted by Crippen LogP contribution is 2.38. The van der Waals surface area contributed by atoms with Gasteiger partial charge in [0.1, 0.15) is 11.4 Å². The number of rotatable bonds is 3. The van der Waals surface area contributed by atoms with Gasteiger partial charge in [0, 0.05) is 4.90 Å². The van der Waals surface area contributed by atoms with Gasteiger partial charge in [-0.3, -0.25) is 14.5 Å². The van der Waals surface area contributed by atoms with Gasteiger partial charge in [0.2, 0.25) is 11.8 Å². The van der Waals surface area contributed by atoms with Crippen LogP contribution in [0.4, 0.5) is 15.8 Å². The number of amides is 2. The topological polar surface area (TPSA) is 49.4 Å². The summed E-state index contributed by atoms with van der Waals surface area (Å²) >= 11 is 1.34. The van der Waals surface area contributed by atoms with Crippen LogP contribution in [0.25, 0.3) is 0 Å². The van der Waals surface area contributed by atoms with E-state index in [1.807, 2.05) is 18.2 Å². The van der Waals surface area contributed by atoms with Crippen molar-refractivity contribution in [3.8, 4) is 0 Å². The molecule has 0 saturated carbocycles. The third kappa shape index (κ3) is 3.26. The highest BCUT2D eigenvalue weighted by molar-refractivity contribution is 8.00. The van der Waals surface area contributed by atoms with Crippen LogP contribution in [0.5, 0.6) is 0 Å². The maximum Gasteiger partial charge on any atom is 0.250 e. The van der Waals surface area contributed by atoms with Gasteiger partial charge in [-0.1, -0.05) is 12.1 Å². The van der Waals surface area contributed by atoms with Crippen LogP contribution in [0, 0.1) is 5.82 Å². The third-order valence-corrected chi connectivity index (χ3v) is 5.30. The van der Waals surface area contributed by atoms with E-state index in [4.69, 9.17) is 0 Å². The van der Waals surface area contributed by atoms with E-state index < -0.39 is 10.8 Å². The van der Waals surface area contributed by atoms with E-state index in [2.05, 4.69) is 5.32 Å². The average molecular weight is 358 g/mol. The minimum Gasteiger partial charge on any atom is -0.322 e. The molecule has 0 spiro atoms. The zero-order valence-corrected chi connectivity index (χ0v) is 15.1. The normalized spacial score (nSPS) is 16.8. The summed E-state index contributed by atoms with van der Waals surface area (Å²) in [5.74, 6) is -0.703. The predicted octanol–water partition coefficient (Wildman–Crippen LogP) is 4.07. The van der Waals surface area contributed by atoms with E-state index in [0.29, 0.717) is 11.4 Å². The molecular formula is C19H19FN2O2S. The van der Waals surface area contributed by atoms with Crippen LogP contribution in [0.15, 0.2) is 53.4 Å². The van der Waals surface area contributed by atoms with Gasteiger partial charge in [-0.15, -0.1) is 11.8 Å². The van der Waals surface area contributed by atoms with Gasteiger partial charge in [0.15, 0.2) is 0 Å². The monoisotopic (exact) mass is 358 g/mol.